The van der Waals surface area contributed by atoms with Crippen LogP contribution in [0.5, 0.6) is 0 Å². The zero-order valence-electron chi connectivity index (χ0n) is 10.2. The molecule has 0 aliphatic rings. The van der Waals surface area contributed by atoms with Crippen molar-refractivity contribution in [2.45, 2.75) is 6.92 Å². The molecule has 0 unspecified atom stereocenters. The largest absolute Gasteiger partial charge is 0.332 e. The molecule has 0 saturated heterocycles. The summed E-state index contributed by atoms with van der Waals surface area (Å²) in [7, 11) is 0. The molecular weight excluding hydrogens is 388 g/mol. The van der Waals surface area contributed by atoms with Crippen molar-refractivity contribution in [3.05, 3.63) is 57.0 Å². The Labute approximate surface area is 134 Å². The van der Waals surface area contributed by atoms with E-state index in [9.17, 15) is 0 Å². The number of hydrogen-bond donors (Lipinski definition) is 2. The minimum Gasteiger partial charge on any atom is -0.332 e. The van der Waals surface area contributed by atoms with Crippen molar-refractivity contribution in [1.29, 1.82) is 0 Å². The van der Waals surface area contributed by atoms with Crippen LogP contribution in [0.2, 0.25) is 0 Å². The Balaban J connectivity index is 2.03. The molecule has 0 fully saturated rings. The molecule has 2 nitrogen and oxygen atoms in total. The molecule has 0 heterocycles. The highest BCUT2D eigenvalue weighted by atomic mass is 79.9. The smallest absolute Gasteiger partial charge is 0.175 e. The van der Waals surface area contributed by atoms with Crippen molar-refractivity contribution >= 4 is 60.6 Å². The van der Waals surface area contributed by atoms with Crippen LogP contribution in [0.3, 0.4) is 0 Å². The predicted octanol–water partition coefficient (Wildman–Crippen LogP) is 5.33. The molecule has 19 heavy (non-hydrogen) atoms. The zero-order valence-corrected chi connectivity index (χ0v) is 14.2. The summed E-state index contributed by atoms with van der Waals surface area (Å²) in [6.45, 7) is 2.04. The molecule has 0 atom stereocenters. The van der Waals surface area contributed by atoms with Crippen molar-refractivity contribution in [2.75, 3.05) is 10.6 Å². The van der Waals surface area contributed by atoms with Crippen LogP contribution in [0.15, 0.2) is 51.4 Å². The minimum atomic E-state index is 0.577. The van der Waals surface area contributed by atoms with Crippen molar-refractivity contribution in [2.24, 2.45) is 0 Å². The lowest BCUT2D eigenvalue weighted by Gasteiger charge is -2.12. The first-order chi connectivity index (χ1) is 9.04. The first kappa shape index (κ1) is 14.5. The second-order valence-electron chi connectivity index (χ2n) is 4.05. The van der Waals surface area contributed by atoms with Gasteiger partial charge in [-0.15, -0.1) is 0 Å². The monoisotopic (exact) mass is 398 g/mol. The number of hydrogen-bond acceptors (Lipinski definition) is 1. The number of thiocarbonyl (C=S) groups is 1. The highest BCUT2D eigenvalue weighted by molar-refractivity contribution is 9.10. The fraction of sp³-hybridized carbons (Fsp3) is 0.0714. The van der Waals surface area contributed by atoms with E-state index in [0.717, 1.165) is 25.9 Å². The Kier molecular flexibility index (Phi) is 4.96. The molecule has 98 valence electrons. The van der Waals surface area contributed by atoms with Gasteiger partial charge < -0.3 is 10.6 Å². The van der Waals surface area contributed by atoms with Crippen LogP contribution in [0, 0.1) is 6.92 Å². The molecule has 0 bridgehead atoms. The molecule has 0 radical (unpaired) electrons. The molecule has 5 heteroatoms. The maximum atomic E-state index is 5.30. The van der Waals surface area contributed by atoms with Crippen LogP contribution >= 0.6 is 44.1 Å². The second-order valence-corrected chi connectivity index (χ2v) is 6.28. The lowest BCUT2D eigenvalue weighted by molar-refractivity contribution is 1.44. The van der Waals surface area contributed by atoms with Crippen LogP contribution in [0.1, 0.15) is 5.56 Å². The minimum absolute atomic E-state index is 0.577. The van der Waals surface area contributed by atoms with Gasteiger partial charge in [0.1, 0.15) is 0 Å². The molecule has 2 aromatic rings. The Morgan fingerprint density at radius 1 is 0.947 bits per heavy atom. The number of halogens is 2. The van der Waals surface area contributed by atoms with E-state index in [0.29, 0.717) is 5.11 Å². The van der Waals surface area contributed by atoms with Crippen molar-refractivity contribution in [3.8, 4) is 0 Å². The van der Waals surface area contributed by atoms with Crippen LogP contribution in [0.4, 0.5) is 11.4 Å². The molecule has 2 rings (SSSR count). The number of nitrogens with one attached hydrogen (secondary N) is 2. The van der Waals surface area contributed by atoms with Gasteiger partial charge in [0.2, 0.25) is 0 Å². The average Bonchev–Trinajstić information content (AvgIpc) is 2.36. The highest BCUT2D eigenvalue weighted by Gasteiger charge is 2.02. The summed E-state index contributed by atoms with van der Waals surface area (Å²) in [6, 6.07) is 13.9. The average molecular weight is 400 g/mol. The number of rotatable bonds is 2. The highest BCUT2D eigenvalue weighted by Crippen LogP contribution is 2.20. The second kappa shape index (κ2) is 6.50. The first-order valence-corrected chi connectivity index (χ1v) is 7.64. The van der Waals surface area contributed by atoms with Gasteiger partial charge in [0, 0.05) is 20.3 Å². The summed E-state index contributed by atoms with van der Waals surface area (Å²) >= 11 is 12.1. The fourth-order valence-electron chi connectivity index (χ4n) is 1.59. The number of anilines is 2. The first-order valence-electron chi connectivity index (χ1n) is 5.64. The Morgan fingerprint density at radius 2 is 1.58 bits per heavy atom. The summed E-state index contributed by atoms with van der Waals surface area (Å²) in [5.74, 6) is 0. The van der Waals surface area contributed by atoms with E-state index in [4.69, 9.17) is 12.2 Å². The van der Waals surface area contributed by atoms with E-state index < -0.39 is 0 Å². The van der Waals surface area contributed by atoms with Gasteiger partial charge in [-0.3, -0.25) is 0 Å². The Morgan fingerprint density at radius 3 is 2.21 bits per heavy atom. The molecule has 0 amide bonds. The Bertz CT molecular complexity index is 597. The van der Waals surface area contributed by atoms with E-state index in [2.05, 4.69) is 42.5 Å². The lowest BCUT2D eigenvalue weighted by Crippen LogP contribution is -2.19. The summed E-state index contributed by atoms with van der Waals surface area (Å²) in [5.41, 5.74) is 3.09. The summed E-state index contributed by atoms with van der Waals surface area (Å²) in [5, 5.41) is 6.91. The quantitative estimate of drug-likeness (QED) is 0.667. The van der Waals surface area contributed by atoms with Gasteiger partial charge in [0.15, 0.2) is 5.11 Å². The number of benzene rings is 2. The van der Waals surface area contributed by atoms with Gasteiger partial charge in [0.05, 0.1) is 0 Å². The van der Waals surface area contributed by atoms with Crippen molar-refractivity contribution in [1.82, 2.24) is 0 Å². The van der Waals surface area contributed by atoms with Gasteiger partial charge in [-0.2, -0.15) is 0 Å². The number of aryl methyl sites for hydroxylation is 1. The molecule has 0 spiro atoms. The molecule has 0 aromatic heterocycles. The zero-order chi connectivity index (χ0) is 13.8. The van der Waals surface area contributed by atoms with Gasteiger partial charge in [-0.1, -0.05) is 31.9 Å². The summed E-state index contributed by atoms with van der Waals surface area (Å²) in [6.07, 6.45) is 0. The van der Waals surface area contributed by atoms with E-state index >= 15 is 0 Å². The summed E-state index contributed by atoms with van der Waals surface area (Å²) in [4.78, 5) is 0. The normalized spacial score (nSPS) is 10.1. The van der Waals surface area contributed by atoms with Gasteiger partial charge >= 0.3 is 0 Å². The molecule has 0 aliphatic heterocycles. The van der Waals surface area contributed by atoms with E-state index in [1.165, 1.54) is 0 Å². The van der Waals surface area contributed by atoms with Crippen LogP contribution < -0.4 is 10.6 Å². The lowest BCUT2D eigenvalue weighted by atomic mass is 10.2. The Hall–Kier alpha value is -0.910. The van der Waals surface area contributed by atoms with Gasteiger partial charge in [-0.25, -0.2) is 0 Å². The maximum absolute atomic E-state index is 5.30. The third-order valence-electron chi connectivity index (χ3n) is 2.54. The van der Waals surface area contributed by atoms with Crippen molar-refractivity contribution in [3.63, 3.8) is 0 Å². The topological polar surface area (TPSA) is 24.1 Å². The standard InChI is InChI=1S/C14H12Br2N2S/c1-9-8-11(16)4-7-13(9)18-14(19)17-12-5-2-10(15)3-6-12/h2-8H,1H3,(H2,17,18,19). The van der Waals surface area contributed by atoms with Crippen molar-refractivity contribution < 1.29 is 0 Å². The predicted molar refractivity (Wildman–Crippen MR) is 92.9 cm³/mol. The molecule has 0 saturated carbocycles. The molecular formula is C14H12Br2N2S. The van der Waals surface area contributed by atoms with E-state index in [1.807, 2.05) is 49.4 Å². The van der Waals surface area contributed by atoms with E-state index in [1.54, 1.807) is 0 Å². The third kappa shape index (κ3) is 4.30. The molecule has 2 aromatic carbocycles. The SMILES string of the molecule is Cc1cc(Br)ccc1NC(=S)Nc1ccc(Br)cc1. The third-order valence-corrected chi connectivity index (χ3v) is 3.76. The molecule has 0 aliphatic carbocycles. The van der Waals surface area contributed by atoms with E-state index in [-0.39, 0.29) is 0 Å². The maximum Gasteiger partial charge on any atom is 0.175 e. The van der Waals surface area contributed by atoms with Gasteiger partial charge in [0.25, 0.3) is 0 Å². The van der Waals surface area contributed by atoms with Crippen LogP contribution in [0.25, 0.3) is 0 Å². The van der Waals surface area contributed by atoms with Crippen LogP contribution in [-0.2, 0) is 0 Å². The fourth-order valence-corrected chi connectivity index (χ4v) is 2.55. The van der Waals surface area contributed by atoms with Gasteiger partial charge in [-0.05, 0) is 67.2 Å². The summed E-state index contributed by atoms with van der Waals surface area (Å²) < 4.78 is 2.10. The van der Waals surface area contributed by atoms with Crippen LogP contribution in [-0.4, -0.2) is 5.11 Å². The molecule has 2 N–H and O–H groups in total.